The largest absolute Gasteiger partial charge is 0.417 e. The molecule has 1 aliphatic heterocycles. The van der Waals surface area contributed by atoms with Gasteiger partial charge < -0.3 is 4.98 Å². The lowest BCUT2D eigenvalue weighted by Crippen LogP contribution is -2.22. The highest BCUT2D eigenvalue weighted by Crippen LogP contribution is 2.40. The van der Waals surface area contributed by atoms with Crippen LogP contribution in [0.5, 0.6) is 0 Å². The molecule has 5 rings (SSSR count). The van der Waals surface area contributed by atoms with Crippen LogP contribution in [0.4, 0.5) is 30.7 Å². The molecule has 0 fully saturated rings. The van der Waals surface area contributed by atoms with E-state index in [4.69, 9.17) is 0 Å². The van der Waals surface area contributed by atoms with Gasteiger partial charge in [-0.05, 0) is 35.9 Å². The van der Waals surface area contributed by atoms with E-state index in [1.54, 1.807) is 23.2 Å². The maximum atomic E-state index is 14.1. The Labute approximate surface area is 205 Å². The van der Waals surface area contributed by atoms with Gasteiger partial charge >= 0.3 is 12.4 Å². The molecule has 5 nitrogen and oxygen atoms in total. The van der Waals surface area contributed by atoms with Crippen molar-refractivity contribution in [2.75, 3.05) is 0 Å². The van der Waals surface area contributed by atoms with E-state index in [-0.39, 0.29) is 18.2 Å². The number of alkyl halides is 6. The van der Waals surface area contributed by atoms with Crippen LogP contribution in [0, 0.1) is 5.82 Å². The summed E-state index contributed by atoms with van der Waals surface area (Å²) in [6.07, 6.45) is -7.20. The Hall–Kier alpha value is -4.22. The van der Waals surface area contributed by atoms with Gasteiger partial charge in [0.1, 0.15) is 17.3 Å². The third-order valence-corrected chi connectivity index (χ3v) is 5.76. The minimum absolute atomic E-state index is 0.0253. The van der Waals surface area contributed by atoms with E-state index in [9.17, 15) is 30.7 Å². The standard InChI is InChI=1S/C25H16F7N5/c26-20-4-2-1-3-18(20)23-35-21-11-34-37(13-22(21)36-23)12-16-7-5-14(10-33-16)17-8-6-15(24(27,28)29)9-19(17)25(30,31)32/h1-11H,12-13H2,(H,35,36). The lowest BCUT2D eigenvalue weighted by molar-refractivity contribution is -0.142. The topological polar surface area (TPSA) is 57.2 Å². The Bertz CT molecular complexity index is 1470. The summed E-state index contributed by atoms with van der Waals surface area (Å²) in [5, 5.41) is 5.92. The number of hydrogen-bond donors (Lipinski definition) is 1. The lowest BCUT2D eigenvalue weighted by Gasteiger charge is -2.21. The number of hydrazone groups is 1. The molecule has 0 saturated heterocycles. The zero-order valence-electron chi connectivity index (χ0n) is 18.7. The predicted octanol–water partition coefficient (Wildman–Crippen LogP) is 6.67. The summed E-state index contributed by atoms with van der Waals surface area (Å²) in [7, 11) is 0. The van der Waals surface area contributed by atoms with Crippen LogP contribution in [-0.2, 0) is 25.4 Å². The summed E-state index contributed by atoms with van der Waals surface area (Å²) >= 11 is 0. The van der Waals surface area contributed by atoms with Crippen LogP contribution < -0.4 is 0 Å². The van der Waals surface area contributed by atoms with Gasteiger partial charge in [0.2, 0.25) is 0 Å². The van der Waals surface area contributed by atoms with Crippen molar-refractivity contribution in [3.63, 3.8) is 0 Å². The first-order valence-electron chi connectivity index (χ1n) is 10.9. The molecule has 12 heteroatoms. The Morgan fingerprint density at radius 2 is 1.68 bits per heavy atom. The summed E-state index contributed by atoms with van der Waals surface area (Å²) in [4.78, 5) is 11.6. The normalized spacial score (nSPS) is 13.6. The number of imidazole rings is 1. The molecule has 2 aromatic carbocycles. The van der Waals surface area contributed by atoms with Gasteiger partial charge in [0.05, 0.1) is 47.4 Å². The number of pyridine rings is 1. The molecule has 0 saturated carbocycles. The Kier molecular flexibility index (Phi) is 5.97. The summed E-state index contributed by atoms with van der Waals surface area (Å²) in [5.74, 6) is -0.0655. The molecule has 37 heavy (non-hydrogen) atoms. The van der Waals surface area contributed by atoms with Gasteiger partial charge in [0, 0.05) is 11.8 Å². The number of H-pyrrole nitrogens is 1. The molecule has 0 radical (unpaired) electrons. The van der Waals surface area contributed by atoms with Crippen LogP contribution in [0.2, 0.25) is 0 Å². The number of nitrogens with one attached hydrogen (secondary N) is 1. The van der Waals surface area contributed by atoms with E-state index in [0.29, 0.717) is 41.1 Å². The van der Waals surface area contributed by atoms with Crippen molar-refractivity contribution in [1.29, 1.82) is 0 Å². The van der Waals surface area contributed by atoms with E-state index >= 15 is 0 Å². The predicted molar refractivity (Wildman–Crippen MR) is 120 cm³/mol. The average molecular weight is 519 g/mol. The lowest BCUT2D eigenvalue weighted by atomic mass is 9.97. The third kappa shape index (κ3) is 5.04. The number of nitrogens with zero attached hydrogens (tertiary/aromatic N) is 4. The second kappa shape index (κ2) is 9.02. The van der Waals surface area contributed by atoms with Gasteiger partial charge in [-0.3, -0.25) is 9.99 Å². The van der Waals surface area contributed by atoms with Crippen molar-refractivity contribution in [3.8, 4) is 22.5 Å². The highest BCUT2D eigenvalue weighted by molar-refractivity contribution is 5.80. The number of fused-ring (bicyclic) bond motifs is 1. The van der Waals surface area contributed by atoms with Gasteiger partial charge in [-0.2, -0.15) is 31.4 Å². The first-order chi connectivity index (χ1) is 17.5. The summed E-state index contributed by atoms with van der Waals surface area (Å²) in [5.41, 5.74) is -1.11. The van der Waals surface area contributed by atoms with E-state index in [2.05, 4.69) is 20.1 Å². The molecular formula is C25H16F7N5. The fourth-order valence-electron chi connectivity index (χ4n) is 3.96. The van der Waals surface area contributed by atoms with Crippen molar-refractivity contribution >= 4 is 6.21 Å². The minimum Gasteiger partial charge on any atom is -0.340 e. The molecule has 0 spiro atoms. The van der Waals surface area contributed by atoms with Crippen molar-refractivity contribution < 1.29 is 30.7 Å². The molecule has 0 amide bonds. The summed E-state index contributed by atoms with van der Waals surface area (Å²) in [6.45, 7) is 0.497. The van der Waals surface area contributed by atoms with Crippen LogP contribution in [0.25, 0.3) is 22.5 Å². The quantitative estimate of drug-likeness (QED) is 0.307. The van der Waals surface area contributed by atoms with Crippen LogP contribution >= 0.6 is 0 Å². The molecule has 2 aromatic heterocycles. The average Bonchev–Trinajstić information content (AvgIpc) is 3.26. The first-order valence-corrected chi connectivity index (χ1v) is 10.9. The highest BCUT2D eigenvalue weighted by Gasteiger charge is 2.38. The Balaban J connectivity index is 1.34. The molecule has 1 N–H and O–H groups in total. The molecule has 0 bridgehead atoms. The van der Waals surface area contributed by atoms with Crippen LogP contribution in [0.3, 0.4) is 0 Å². The fraction of sp³-hybridized carbons (Fsp3) is 0.160. The van der Waals surface area contributed by atoms with Crippen molar-refractivity contribution in [2.45, 2.75) is 25.4 Å². The zero-order valence-corrected chi connectivity index (χ0v) is 18.7. The van der Waals surface area contributed by atoms with E-state index in [1.165, 1.54) is 30.6 Å². The summed E-state index contributed by atoms with van der Waals surface area (Å²) in [6, 6.07) is 10.5. The molecule has 190 valence electrons. The molecule has 0 aliphatic carbocycles. The van der Waals surface area contributed by atoms with Gasteiger partial charge in [-0.15, -0.1) is 0 Å². The number of halogens is 7. The van der Waals surface area contributed by atoms with Crippen molar-refractivity contribution in [2.24, 2.45) is 5.10 Å². The van der Waals surface area contributed by atoms with E-state index in [1.807, 2.05) is 0 Å². The Morgan fingerprint density at radius 1 is 0.892 bits per heavy atom. The van der Waals surface area contributed by atoms with Gasteiger partial charge in [0.25, 0.3) is 0 Å². The molecule has 0 unspecified atom stereocenters. The van der Waals surface area contributed by atoms with Crippen molar-refractivity contribution in [3.05, 3.63) is 94.8 Å². The number of aromatic nitrogens is 3. The zero-order chi connectivity index (χ0) is 26.4. The monoisotopic (exact) mass is 519 g/mol. The molecule has 4 aromatic rings. The number of rotatable bonds is 4. The van der Waals surface area contributed by atoms with Gasteiger partial charge in [0.15, 0.2) is 0 Å². The van der Waals surface area contributed by atoms with E-state index in [0.717, 1.165) is 6.07 Å². The fourth-order valence-corrected chi connectivity index (χ4v) is 3.96. The smallest absolute Gasteiger partial charge is 0.340 e. The maximum Gasteiger partial charge on any atom is 0.417 e. The number of hydrogen-bond acceptors (Lipinski definition) is 4. The Morgan fingerprint density at radius 3 is 2.35 bits per heavy atom. The van der Waals surface area contributed by atoms with Crippen LogP contribution in [0.1, 0.15) is 28.2 Å². The van der Waals surface area contributed by atoms with Crippen LogP contribution in [-0.4, -0.2) is 26.2 Å². The molecular weight excluding hydrogens is 503 g/mol. The third-order valence-electron chi connectivity index (χ3n) is 5.76. The minimum atomic E-state index is -4.99. The first kappa shape index (κ1) is 24.5. The number of aromatic amines is 1. The highest BCUT2D eigenvalue weighted by atomic mass is 19.4. The SMILES string of the molecule is Fc1ccccc1-c1nc2c([nH]1)CN(Cc1ccc(-c3ccc(C(F)(F)F)cc3C(F)(F)F)cn1)N=C2. The van der Waals surface area contributed by atoms with Gasteiger partial charge in [-0.1, -0.05) is 24.3 Å². The molecule has 0 atom stereocenters. The second-order valence-electron chi connectivity index (χ2n) is 8.29. The van der Waals surface area contributed by atoms with Crippen LogP contribution in [0.15, 0.2) is 65.9 Å². The summed E-state index contributed by atoms with van der Waals surface area (Å²) < 4.78 is 93.4. The van der Waals surface area contributed by atoms with E-state index < -0.39 is 34.9 Å². The molecule has 1 aliphatic rings. The maximum absolute atomic E-state index is 14.1. The molecule has 3 heterocycles. The second-order valence-corrected chi connectivity index (χ2v) is 8.29. The number of benzene rings is 2. The van der Waals surface area contributed by atoms with Crippen molar-refractivity contribution in [1.82, 2.24) is 20.0 Å². The van der Waals surface area contributed by atoms with Gasteiger partial charge in [-0.25, -0.2) is 9.37 Å².